The molecule has 4 heterocycles. The minimum Gasteiger partial charge on any atom is -0.454 e. The second-order valence-electron chi connectivity index (χ2n) is 13.6. The third kappa shape index (κ3) is 3.74. The molecule has 0 N–H and O–H groups in total. The summed E-state index contributed by atoms with van der Waals surface area (Å²) in [5.74, 6) is 0. The van der Waals surface area contributed by atoms with Crippen LogP contribution in [0.4, 0.5) is 0 Å². The van der Waals surface area contributed by atoms with Gasteiger partial charge in [0.1, 0.15) is 5.58 Å². The molecule has 242 valence electrons. The highest BCUT2D eigenvalue weighted by Crippen LogP contribution is 2.49. The van der Waals surface area contributed by atoms with E-state index in [0.29, 0.717) is 0 Å². The molecule has 12 rings (SSSR count). The first kappa shape index (κ1) is 28.1. The van der Waals surface area contributed by atoms with Gasteiger partial charge in [0.15, 0.2) is 5.58 Å². The average Bonchev–Trinajstić information content (AvgIpc) is 3.96. The molecule has 4 aromatic heterocycles. The monoisotopic (exact) mass is 680 g/mol. The van der Waals surface area contributed by atoms with Crippen molar-refractivity contribution in [1.82, 2.24) is 9.13 Å². The molecular weight excluding hydrogens is 653 g/mol. The predicted octanol–water partition coefficient (Wildman–Crippen LogP) is 13.8. The number of rotatable bonds is 3. The van der Waals surface area contributed by atoms with Crippen LogP contribution in [0, 0.1) is 0 Å². The van der Waals surface area contributed by atoms with Crippen LogP contribution in [0.2, 0.25) is 0 Å². The van der Waals surface area contributed by atoms with Crippen LogP contribution in [0.5, 0.6) is 0 Å². The van der Waals surface area contributed by atoms with Crippen molar-refractivity contribution in [3.05, 3.63) is 170 Å². The van der Waals surface area contributed by atoms with Crippen LogP contribution < -0.4 is 0 Å². The highest BCUT2D eigenvalue weighted by atomic mass is 32.1. The van der Waals surface area contributed by atoms with Crippen molar-refractivity contribution in [2.45, 2.75) is 0 Å². The number of furan rings is 1. The fourth-order valence-electron chi connectivity index (χ4n) is 8.71. The molecule has 0 amide bonds. The van der Waals surface area contributed by atoms with Crippen molar-refractivity contribution < 1.29 is 4.42 Å². The second-order valence-corrected chi connectivity index (χ2v) is 14.7. The molecule has 0 aliphatic heterocycles. The van der Waals surface area contributed by atoms with Gasteiger partial charge in [0.25, 0.3) is 0 Å². The molecule has 52 heavy (non-hydrogen) atoms. The van der Waals surface area contributed by atoms with E-state index in [4.69, 9.17) is 4.42 Å². The first-order valence-corrected chi connectivity index (χ1v) is 18.5. The van der Waals surface area contributed by atoms with E-state index < -0.39 is 0 Å². The predicted molar refractivity (Wildman–Crippen MR) is 221 cm³/mol. The zero-order chi connectivity index (χ0) is 33.9. The van der Waals surface area contributed by atoms with E-state index in [1.165, 1.54) is 63.9 Å². The SMILES string of the molecule is c1ccc(-n2c3ccccc3c3c2c2oc4ccccc4c2c2c4ccccc4n(-c4ccc(-c5ccc6sc7ccccc7c6c5)cc4)c23)cc1. The summed E-state index contributed by atoms with van der Waals surface area (Å²) in [6.45, 7) is 0. The number of benzene rings is 8. The fraction of sp³-hybridized carbons (Fsp3) is 0. The molecule has 12 aromatic rings. The molecule has 0 aliphatic rings. The molecule has 0 radical (unpaired) electrons. The molecule has 0 unspecified atom stereocenters. The number of hydrogen-bond acceptors (Lipinski definition) is 2. The molecule has 0 aliphatic carbocycles. The van der Waals surface area contributed by atoms with Crippen molar-refractivity contribution in [2.24, 2.45) is 0 Å². The Hall–Kier alpha value is -6.62. The van der Waals surface area contributed by atoms with Crippen LogP contribution in [-0.2, 0) is 0 Å². The van der Waals surface area contributed by atoms with E-state index in [0.717, 1.165) is 44.3 Å². The van der Waals surface area contributed by atoms with E-state index in [1.807, 2.05) is 11.3 Å². The maximum absolute atomic E-state index is 6.92. The first-order valence-electron chi connectivity index (χ1n) is 17.7. The molecule has 0 saturated carbocycles. The molecule has 0 spiro atoms. The lowest BCUT2D eigenvalue weighted by molar-refractivity contribution is 0.671. The summed E-state index contributed by atoms with van der Waals surface area (Å²) in [5.41, 5.74) is 11.1. The van der Waals surface area contributed by atoms with Gasteiger partial charge in [-0.3, -0.25) is 0 Å². The summed E-state index contributed by atoms with van der Waals surface area (Å²) < 4.78 is 14.4. The van der Waals surface area contributed by atoms with Gasteiger partial charge in [-0.05, 0) is 71.8 Å². The smallest absolute Gasteiger partial charge is 0.160 e. The maximum atomic E-state index is 6.92. The molecule has 0 saturated heterocycles. The molecule has 3 nitrogen and oxygen atoms in total. The third-order valence-electron chi connectivity index (χ3n) is 10.9. The highest BCUT2D eigenvalue weighted by Gasteiger charge is 2.27. The number of para-hydroxylation sites is 4. The lowest BCUT2D eigenvalue weighted by Crippen LogP contribution is -1.96. The van der Waals surface area contributed by atoms with Crippen molar-refractivity contribution in [2.75, 3.05) is 0 Å². The average molecular weight is 681 g/mol. The first-order chi connectivity index (χ1) is 25.8. The normalized spacial score (nSPS) is 12.2. The largest absolute Gasteiger partial charge is 0.454 e. The number of fused-ring (bicyclic) bond motifs is 15. The minimum absolute atomic E-state index is 0.896. The third-order valence-corrected chi connectivity index (χ3v) is 12.0. The number of thiophene rings is 1. The maximum Gasteiger partial charge on any atom is 0.160 e. The van der Waals surface area contributed by atoms with Gasteiger partial charge in [-0.15, -0.1) is 11.3 Å². The second kappa shape index (κ2) is 10.5. The van der Waals surface area contributed by atoms with Crippen LogP contribution in [0.25, 0.3) is 108 Å². The van der Waals surface area contributed by atoms with Crippen LogP contribution in [-0.4, -0.2) is 9.13 Å². The molecule has 0 bridgehead atoms. The quantitative estimate of drug-likeness (QED) is 0.182. The number of hydrogen-bond donors (Lipinski definition) is 0. The number of nitrogens with zero attached hydrogens (tertiary/aromatic N) is 2. The Labute approximate surface area is 301 Å². The van der Waals surface area contributed by atoms with Gasteiger partial charge < -0.3 is 13.6 Å². The van der Waals surface area contributed by atoms with Gasteiger partial charge in [0, 0.05) is 63.9 Å². The summed E-state index contributed by atoms with van der Waals surface area (Å²) in [5, 5.41) is 9.75. The van der Waals surface area contributed by atoms with Gasteiger partial charge in [0.2, 0.25) is 0 Å². The van der Waals surface area contributed by atoms with E-state index in [1.54, 1.807) is 0 Å². The molecular formula is C48H28N2OS. The van der Waals surface area contributed by atoms with Crippen molar-refractivity contribution in [1.29, 1.82) is 0 Å². The van der Waals surface area contributed by atoms with Crippen LogP contribution >= 0.6 is 11.3 Å². The van der Waals surface area contributed by atoms with Gasteiger partial charge >= 0.3 is 0 Å². The lowest BCUT2D eigenvalue weighted by atomic mass is 10.0. The van der Waals surface area contributed by atoms with Gasteiger partial charge in [0.05, 0.1) is 22.1 Å². The van der Waals surface area contributed by atoms with E-state index in [-0.39, 0.29) is 0 Å². The molecule has 0 atom stereocenters. The summed E-state index contributed by atoms with van der Waals surface area (Å²) in [7, 11) is 0. The summed E-state index contributed by atoms with van der Waals surface area (Å²) >= 11 is 1.86. The van der Waals surface area contributed by atoms with Crippen LogP contribution in [0.3, 0.4) is 0 Å². The Morgan fingerprint density at radius 1 is 0.385 bits per heavy atom. The fourth-order valence-corrected chi connectivity index (χ4v) is 9.79. The van der Waals surface area contributed by atoms with E-state index in [2.05, 4.69) is 179 Å². The van der Waals surface area contributed by atoms with Gasteiger partial charge in [-0.1, -0.05) is 109 Å². The Balaban J connectivity index is 1.21. The Morgan fingerprint density at radius 3 is 1.75 bits per heavy atom. The topological polar surface area (TPSA) is 23.0 Å². The van der Waals surface area contributed by atoms with Gasteiger partial charge in [-0.2, -0.15) is 0 Å². The highest BCUT2D eigenvalue weighted by molar-refractivity contribution is 7.25. The van der Waals surface area contributed by atoms with Gasteiger partial charge in [-0.25, -0.2) is 0 Å². The van der Waals surface area contributed by atoms with Crippen LogP contribution in [0.1, 0.15) is 0 Å². The Morgan fingerprint density at radius 2 is 0.962 bits per heavy atom. The number of aromatic nitrogens is 2. The zero-order valence-electron chi connectivity index (χ0n) is 27.9. The molecule has 8 aromatic carbocycles. The molecule has 0 fully saturated rings. The summed E-state index contributed by atoms with van der Waals surface area (Å²) in [6.07, 6.45) is 0. The van der Waals surface area contributed by atoms with Crippen molar-refractivity contribution in [3.63, 3.8) is 0 Å². The van der Waals surface area contributed by atoms with E-state index in [9.17, 15) is 0 Å². The Kier molecular flexibility index (Phi) is 5.65. The van der Waals surface area contributed by atoms with Crippen molar-refractivity contribution >= 4 is 97.1 Å². The van der Waals surface area contributed by atoms with E-state index >= 15 is 0 Å². The lowest BCUT2D eigenvalue weighted by Gasteiger charge is -2.12. The standard InChI is InChI=1S/C48H28N2OS/c1-2-12-31(13-3-1)50-39-19-9-5-16-35(39)45-46-43(44-36-17-6-10-20-40(36)51-48(44)47(45)50)34-15-4-8-18-38(34)49(46)32-25-22-29(23-26-32)30-24-27-42-37(28-30)33-14-7-11-21-41(33)52-42/h1-28H. The summed E-state index contributed by atoms with van der Waals surface area (Å²) in [4.78, 5) is 0. The Bertz CT molecular complexity index is 3390. The summed E-state index contributed by atoms with van der Waals surface area (Å²) in [6, 6.07) is 61.5. The van der Waals surface area contributed by atoms with Crippen molar-refractivity contribution in [3.8, 4) is 22.5 Å². The van der Waals surface area contributed by atoms with Crippen LogP contribution in [0.15, 0.2) is 174 Å². The zero-order valence-corrected chi connectivity index (χ0v) is 28.7. The minimum atomic E-state index is 0.896. The molecule has 4 heteroatoms.